The van der Waals surface area contributed by atoms with E-state index in [2.05, 4.69) is 16.5 Å². The molecule has 1 atom stereocenters. The summed E-state index contributed by atoms with van der Waals surface area (Å²) in [6.45, 7) is 5.79. The fourth-order valence-electron chi connectivity index (χ4n) is 2.10. The van der Waals surface area contributed by atoms with Crippen LogP contribution >= 0.6 is 0 Å². The Bertz CT molecular complexity index is 819. The van der Waals surface area contributed by atoms with Crippen LogP contribution in [0.15, 0.2) is 69.2 Å². The maximum absolute atomic E-state index is 12.3. The van der Waals surface area contributed by atoms with Crippen molar-refractivity contribution in [2.45, 2.75) is 18.2 Å². The first kappa shape index (κ1) is 14.6. The van der Waals surface area contributed by atoms with E-state index < -0.39 is 10.0 Å². The Kier molecular flexibility index (Phi) is 3.62. The lowest BCUT2D eigenvalue weighted by Crippen LogP contribution is -2.21. The molecule has 1 aliphatic carbocycles. The van der Waals surface area contributed by atoms with Crippen molar-refractivity contribution in [2.24, 2.45) is 11.0 Å². The van der Waals surface area contributed by atoms with E-state index in [-0.39, 0.29) is 10.8 Å². The number of hydrazone groups is 1. The average Bonchev–Trinajstić information content (AvgIpc) is 2.98. The highest BCUT2D eigenvalue weighted by molar-refractivity contribution is 7.89. The van der Waals surface area contributed by atoms with Crippen molar-refractivity contribution in [3.63, 3.8) is 0 Å². The van der Waals surface area contributed by atoms with Crippen molar-refractivity contribution in [1.82, 2.24) is 4.83 Å². The summed E-state index contributed by atoms with van der Waals surface area (Å²) in [5.74, 6) is 0.599. The second kappa shape index (κ2) is 5.46. The molecule has 1 aliphatic rings. The SMILES string of the molecule is C=C1CC1/C(=N/NS(=O)(=O)c1ccc(C)cc1)c1ccco1. The third-order valence-electron chi connectivity index (χ3n) is 3.52. The van der Waals surface area contributed by atoms with Gasteiger partial charge in [0.15, 0.2) is 5.76 Å². The van der Waals surface area contributed by atoms with E-state index in [4.69, 9.17) is 4.42 Å². The molecule has 0 spiro atoms. The normalized spacial score (nSPS) is 18.3. The highest BCUT2D eigenvalue weighted by atomic mass is 32.2. The van der Waals surface area contributed by atoms with Gasteiger partial charge in [-0.05, 0) is 37.6 Å². The number of nitrogens with zero attached hydrogens (tertiary/aromatic N) is 1. The molecule has 1 unspecified atom stereocenters. The number of rotatable bonds is 5. The molecule has 1 aromatic heterocycles. The van der Waals surface area contributed by atoms with Gasteiger partial charge in [0.2, 0.25) is 0 Å². The molecular weight excluding hydrogens is 300 g/mol. The molecule has 1 saturated carbocycles. The molecule has 1 heterocycles. The highest BCUT2D eigenvalue weighted by Gasteiger charge is 2.35. The number of sulfonamides is 1. The summed E-state index contributed by atoms with van der Waals surface area (Å²) in [6.07, 6.45) is 2.33. The van der Waals surface area contributed by atoms with Gasteiger partial charge >= 0.3 is 0 Å². The molecule has 6 heteroatoms. The van der Waals surface area contributed by atoms with Gasteiger partial charge in [0, 0.05) is 5.92 Å². The van der Waals surface area contributed by atoms with Gasteiger partial charge < -0.3 is 4.42 Å². The highest BCUT2D eigenvalue weighted by Crippen LogP contribution is 2.39. The van der Waals surface area contributed by atoms with E-state index in [1.165, 1.54) is 6.26 Å². The van der Waals surface area contributed by atoms with E-state index in [0.29, 0.717) is 11.5 Å². The van der Waals surface area contributed by atoms with Gasteiger partial charge in [0.25, 0.3) is 10.0 Å². The summed E-state index contributed by atoms with van der Waals surface area (Å²) >= 11 is 0. The Balaban J connectivity index is 1.87. The first-order chi connectivity index (χ1) is 10.5. The lowest BCUT2D eigenvalue weighted by molar-refractivity contribution is 0.553. The van der Waals surface area contributed by atoms with Gasteiger partial charge in [-0.25, -0.2) is 0 Å². The first-order valence-corrected chi connectivity index (χ1v) is 8.33. The predicted molar refractivity (Wildman–Crippen MR) is 84.0 cm³/mol. The molecule has 114 valence electrons. The molecule has 1 fully saturated rings. The Labute approximate surface area is 129 Å². The molecule has 2 aromatic rings. The summed E-state index contributed by atoms with van der Waals surface area (Å²) in [7, 11) is -3.70. The quantitative estimate of drug-likeness (QED) is 0.524. The van der Waals surface area contributed by atoms with Crippen LogP contribution in [0.5, 0.6) is 0 Å². The molecule has 0 saturated heterocycles. The molecule has 0 radical (unpaired) electrons. The fraction of sp³-hybridized carbons (Fsp3) is 0.188. The molecule has 1 aromatic carbocycles. The zero-order valence-electron chi connectivity index (χ0n) is 12.1. The van der Waals surface area contributed by atoms with Crippen LogP contribution in [0.1, 0.15) is 17.7 Å². The van der Waals surface area contributed by atoms with Crippen LogP contribution in [-0.2, 0) is 10.0 Å². The summed E-state index contributed by atoms with van der Waals surface area (Å²) < 4.78 is 29.9. The van der Waals surface area contributed by atoms with Crippen molar-refractivity contribution in [1.29, 1.82) is 0 Å². The second-order valence-electron chi connectivity index (χ2n) is 5.30. The van der Waals surface area contributed by atoms with Crippen LogP contribution in [0.25, 0.3) is 0 Å². The van der Waals surface area contributed by atoms with Gasteiger partial charge in [0.1, 0.15) is 5.71 Å². The van der Waals surface area contributed by atoms with Crippen LogP contribution in [0.4, 0.5) is 0 Å². The number of allylic oxidation sites excluding steroid dienone is 1. The Morgan fingerprint density at radius 1 is 1.32 bits per heavy atom. The van der Waals surface area contributed by atoms with Crippen LogP contribution in [0.2, 0.25) is 0 Å². The maximum Gasteiger partial charge on any atom is 0.276 e. The van der Waals surface area contributed by atoms with Crippen LogP contribution in [0.3, 0.4) is 0 Å². The fourth-order valence-corrected chi connectivity index (χ4v) is 2.92. The third kappa shape index (κ3) is 2.96. The first-order valence-electron chi connectivity index (χ1n) is 6.85. The number of benzene rings is 1. The molecule has 0 aliphatic heterocycles. The van der Waals surface area contributed by atoms with E-state index in [1.54, 1.807) is 36.4 Å². The monoisotopic (exact) mass is 316 g/mol. The number of furan rings is 1. The van der Waals surface area contributed by atoms with Crippen LogP contribution < -0.4 is 4.83 Å². The number of hydrogen-bond donors (Lipinski definition) is 1. The predicted octanol–water partition coefficient (Wildman–Crippen LogP) is 2.85. The van der Waals surface area contributed by atoms with Gasteiger partial charge in [-0.15, -0.1) is 0 Å². The summed E-state index contributed by atoms with van der Waals surface area (Å²) in [5.41, 5.74) is 2.57. The largest absolute Gasteiger partial charge is 0.463 e. The standard InChI is InChI=1S/C16H16N2O3S/c1-11-5-7-13(8-6-11)22(19,20)18-17-16(14-10-12(14)2)15-4-3-9-21-15/h3-9,14,18H,2,10H2,1H3/b17-16-. The van der Waals surface area contributed by atoms with Crippen molar-refractivity contribution < 1.29 is 12.8 Å². The van der Waals surface area contributed by atoms with E-state index >= 15 is 0 Å². The second-order valence-corrected chi connectivity index (χ2v) is 6.96. The van der Waals surface area contributed by atoms with Crippen molar-refractivity contribution in [3.8, 4) is 0 Å². The lowest BCUT2D eigenvalue weighted by atomic mass is 10.2. The minimum absolute atomic E-state index is 0.0480. The summed E-state index contributed by atoms with van der Waals surface area (Å²) in [6, 6.07) is 10.1. The minimum Gasteiger partial charge on any atom is -0.463 e. The summed E-state index contributed by atoms with van der Waals surface area (Å²) in [4.78, 5) is 2.46. The van der Waals surface area contributed by atoms with Crippen molar-refractivity contribution in [3.05, 3.63) is 66.1 Å². The molecular formula is C16H16N2O3S. The van der Waals surface area contributed by atoms with Gasteiger partial charge in [0.05, 0.1) is 11.2 Å². The van der Waals surface area contributed by atoms with Crippen LogP contribution in [-0.4, -0.2) is 14.1 Å². The Morgan fingerprint density at radius 3 is 2.55 bits per heavy atom. The smallest absolute Gasteiger partial charge is 0.276 e. The van der Waals surface area contributed by atoms with Gasteiger partial charge in [-0.2, -0.15) is 18.4 Å². The summed E-state index contributed by atoms with van der Waals surface area (Å²) in [5, 5.41) is 4.07. The lowest BCUT2D eigenvalue weighted by Gasteiger charge is -2.06. The van der Waals surface area contributed by atoms with Crippen molar-refractivity contribution >= 4 is 15.7 Å². The zero-order chi connectivity index (χ0) is 15.7. The molecule has 22 heavy (non-hydrogen) atoms. The third-order valence-corrected chi connectivity index (χ3v) is 4.74. The Morgan fingerprint density at radius 2 is 2.00 bits per heavy atom. The molecule has 1 N–H and O–H groups in total. The zero-order valence-corrected chi connectivity index (χ0v) is 12.9. The average molecular weight is 316 g/mol. The van der Waals surface area contributed by atoms with Gasteiger partial charge in [-0.3, -0.25) is 0 Å². The maximum atomic E-state index is 12.3. The van der Waals surface area contributed by atoms with E-state index in [0.717, 1.165) is 17.6 Å². The van der Waals surface area contributed by atoms with E-state index in [9.17, 15) is 8.42 Å². The molecule has 0 bridgehead atoms. The van der Waals surface area contributed by atoms with Gasteiger partial charge in [-0.1, -0.05) is 29.8 Å². The number of nitrogens with one attached hydrogen (secondary N) is 1. The number of aryl methyl sites for hydroxylation is 1. The number of hydrogen-bond acceptors (Lipinski definition) is 4. The molecule has 3 rings (SSSR count). The van der Waals surface area contributed by atoms with Crippen molar-refractivity contribution in [2.75, 3.05) is 0 Å². The van der Waals surface area contributed by atoms with E-state index in [1.807, 2.05) is 6.92 Å². The van der Waals surface area contributed by atoms with Crippen LogP contribution in [0, 0.1) is 12.8 Å². The minimum atomic E-state index is -3.70. The molecule has 0 amide bonds. The molecule has 5 nitrogen and oxygen atoms in total. The Hall–Kier alpha value is -2.34. The topological polar surface area (TPSA) is 71.7 Å².